The number of carbonyl (C=O) groups is 1. The maximum absolute atomic E-state index is 14.1. The first-order chi connectivity index (χ1) is 10.0. The Morgan fingerprint density at radius 3 is 2.38 bits per heavy atom. The number of alkyl halides is 1. The lowest BCUT2D eigenvalue weighted by atomic mass is 9.99. The van der Waals surface area contributed by atoms with Gasteiger partial charge >= 0.3 is 0 Å². The van der Waals surface area contributed by atoms with E-state index in [4.69, 9.17) is 0 Å². The zero-order valence-corrected chi connectivity index (χ0v) is 12.2. The van der Waals surface area contributed by atoms with Crippen molar-refractivity contribution in [1.29, 1.82) is 0 Å². The largest absolute Gasteiger partial charge is 0.396 e. The van der Waals surface area contributed by atoms with Gasteiger partial charge in [-0.3, -0.25) is 4.79 Å². The highest BCUT2D eigenvalue weighted by atomic mass is 19.1. The van der Waals surface area contributed by atoms with E-state index in [1.165, 1.54) is 4.90 Å². The van der Waals surface area contributed by atoms with Crippen molar-refractivity contribution < 1.29 is 18.7 Å². The average molecular weight is 300 g/mol. The summed E-state index contributed by atoms with van der Waals surface area (Å²) in [6.45, 7) is 2.57. The number of hydrogen-bond acceptors (Lipinski definition) is 3. The molecule has 1 saturated carbocycles. The smallest absolute Gasteiger partial charge is 0.282 e. The number of aliphatic hydroxyl groups is 1. The third-order valence-corrected chi connectivity index (χ3v) is 4.93. The molecule has 1 N–H and O–H groups in total. The fraction of sp³-hybridized carbons (Fsp3) is 0.800. The molecule has 118 valence electrons. The normalized spacial score (nSPS) is 25.7. The van der Waals surface area contributed by atoms with Crippen molar-refractivity contribution in [2.45, 2.75) is 31.9 Å². The zero-order chi connectivity index (χ0) is 15.0. The van der Waals surface area contributed by atoms with Crippen LogP contribution in [0.1, 0.15) is 25.7 Å². The van der Waals surface area contributed by atoms with E-state index in [2.05, 4.69) is 4.90 Å². The molecule has 0 aromatic heterocycles. The Morgan fingerprint density at radius 2 is 1.90 bits per heavy atom. The summed E-state index contributed by atoms with van der Waals surface area (Å²) in [6, 6.07) is 0. The second kappa shape index (κ2) is 5.65. The third-order valence-electron chi connectivity index (χ3n) is 4.93. The minimum atomic E-state index is -0.998. The Bertz CT molecular complexity index is 447. The molecule has 3 fully saturated rings. The predicted octanol–water partition coefficient (Wildman–Crippen LogP) is 1.26. The maximum Gasteiger partial charge on any atom is 0.282 e. The highest BCUT2D eigenvalue weighted by molar-refractivity contribution is 5.92. The molecule has 0 aromatic carbocycles. The number of halogens is 2. The molecule has 2 saturated heterocycles. The number of amides is 1. The van der Waals surface area contributed by atoms with Gasteiger partial charge in [-0.15, -0.1) is 0 Å². The summed E-state index contributed by atoms with van der Waals surface area (Å²) in [5.74, 6) is -1.33. The number of rotatable bonds is 4. The van der Waals surface area contributed by atoms with Crippen molar-refractivity contribution in [2.24, 2.45) is 5.41 Å². The molecule has 0 unspecified atom stereocenters. The first-order valence-corrected chi connectivity index (χ1v) is 7.67. The summed E-state index contributed by atoms with van der Waals surface area (Å²) in [6.07, 6.45) is 2.23. The number of likely N-dealkylation sites (tertiary alicyclic amines) is 2. The molecule has 4 nitrogen and oxygen atoms in total. The van der Waals surface area contributed by atoms with Gasteiger partial charge in [0.05, 0.1) is 13.1 Å². The van der Waals surface area contributed by atoms with E-state index >= 15 is 0 Å². The van der Waals surface area contributed by atoms with E-state index in [-0.39, 0.29) is 25.1 Å². The second-order valence-corrected chi connectivity index (χ2v) is 6.66. The summed E-state index contributed by atoms with van der Waals surface area (Å²) in [5.41, 5.74) is 0.635. The molecular formula is C15H22F2N2O2. The SMILES string of the molecule is O=C(C(F)=C1CCN(CC2(CO)CC2)CC1)N1CC(F)C1. The van der Waals surface area contributed by atoms with Crippen LogP contribution in [0.5, 0.6) is 0 Å². The lowest BCUT2D eigenvalue weighted by Gasteiger charge is -2.35. The van der Waals surface area contributed by atoms with E-state index in [1.54, 1.807) is 0 Å². The van der Waals surface area contributed by atoms with E-state index in [0.29, 0.717) is 18.4 Å². The van der Waals surface area contributed by atoms with Crippen molar-refractivity contribution in [2.75, 3.05) is 39.3 Å². The standard InChI is InChI=1S/C15H22F2N2O2/c16-12-7-19(8-12)14(21)13(17)11-1-5-18(6-2-11)9-15(10-20)3-4-15/h12,20H,1-10H2. The molecule has 6 heteroatoms. The zero-order valence-electron chi connectivity index (χ0n) is 12.2. The molecule has 3 rings (SSSR count). The third kappa shape index (κ3) is 3.11. The van der Waals surface area contributed by atoms with Crippen molar-refractivity contribution in [1.82, 2.24) is 9.80 Å². The number of hydrogen-bond donors (Lipinski definition) is 1. The summed E-state index contributed by atoms with van der Waals surface area (Å²) < 4.78 is 26.9. The highest BCUT2D eigenvalue weighted by Gasteiger charge is 2.43. The number of piperidine rings is 1. The summed E-state index contributed by atoms with van der Waals surface area (Å²) in [4.78, 5) is 15.3. The van der Waals surface area contributed by atoms with Crippen LogP contribution in [0.15, 0.2) is 11.4 Å². The molecule has 1 aliphatic carbocycles. The summed E-state index contributed by atoms with van der Waals surface area (Å²) in [7, 11) is 0. The highest BCUT2D eigenvalue weighted by Crippen LogP contribution is 2.46. The van der Waals surface area contributed by atoms with Gasteiger partial charge in [-0.1, -0.05) is 0 Å². The minimum absolute atomic E-state index is 0.0185. The number of nitrogens with zero attached hydrogens (tertiary/aromatic N) is 2. The topological polar surface area (TPSA) is 43.8 Å². The van der Waals surface area contributed by atoms with Gasteiger partial charge in [0.1, 0.15) is 6.17 Å². The van der Waals surface area contributed by atoms with E-state index < -0.39 is 17.9 Å². The van der Waals surface area contributed by atoms with Gasteiger partial charge in [0.25, 0.3) is 5.91 Å². The van der Waals surface area contributed by atoms with Crippen LogP contribution < -0.4 is 0 Å². The van der Waals surface area contributed by atoms with E-state index in [0.717, 1.165) is 32.5 Å². The Balaban J connectivity index is 1.52. The molecule has 1 amide bonds. The molecule has 0 aromatic rings. The van der Waals surface area contributed by atoms with Crippen LogP contribution >= 0.6 is 0 Å². The molecule has 0 spiro atoms. The fourth-order valence-electron chi connectivity index (χ4n) is 3.10. The monoisotopic (exact) mass is 300 g/mol. The quantitative estimate of drug-likeness (QED) is 0.795. The molecule has 0 bridgehead atoms. The van der Waals surface area contributed by atoms with Crippen LogP contribution in [-0.2, 0) is 4.79 Å². The lowest BCUT2D eigenvalue weighted by Crippen LogP contribution is -2.51. The molecule has 21 heavy (non-hydrogen) atoms. The maximum atomic E-state index is 14.1. The molecule has 2 aliphatic heterocycles. The summed E-state index contributed by atoms with van der Waals surface area (Å²) >= 11 is 0. The van der Waals surface area contributed by atoms with Gasteiger partial charge in [-0.25, -0.2) is 8.78 Å². The Labute approximate surface area is 123 Å². The van der Waals surface area contributed by atoms with E-state index in [9.17, 15) is 18.7 Å². The fourth-order valence-corrected chi connectivity index (χ4v) is 3.10. The first kappa shape index (κ1) is 14.9. The van der Waals surface area contributed by atoms with Crippen molar-refractivity contribution >= 4 is 5.91 Å². The van der Waals surface area contributed by atoms with Crippen LogP contribution in [0.4, 0.5) is 8.78 Å². The van der Waals surface area contributed by atoms with Gasteiger partial charge in [0.15, 0.2) is 5.83 Å². The number of carbonyl (C=O) groups excluding carboxylic acids is 1. The van der Waals surface area contributed by atoms with Crippen molar-refractivity contribution in [3.05, 3.63) is 11.4 Å². The van der Waals surface area contributed by atoms with Crippen LogP contribution in [0, 0.1) is 5.41 Å². The van der Waals surface area contributed by atoms with Crippen molar-refractivity contribution in [3.8, 4) is 0 Å². The Morgan fingerprint density at radius 1 is 1.29 bits per heavy atom. The van der Waals surface area contributed by atoms with Crippen LogP contribution in [-0.4, -0.2) is 66.3 Å². The first-order valence-electron chi connectivity index (χ1n) is 7.67. The molecule has 0 atom stereocenters. The molecule has 0 radical (unpaired) electrons. The molecule has 3 aliphatic rings. The Hall–Kier alpha value is -1.01. The number of aliphatic hydroxyl groups excluding tert-OH is 1. The van der Waals surface area contributed by atoms with Crippen LogP contribution in [0.3, 0.4) is 0 Å². The van der Waals surface area contributed by atoms with E-state index in [1.807, 2.05) is 0 Å². The van der Waals surface area contributed by atoms with Gasteiger partial charge in [-0.05, 0) is 31.3 Å². The molecular weight excluding hydrogens is 278 g/mol. The Kier molecular flexibility index (Phi) is 4.01. The van der Waals surface area contributed by atoms with Crippen LogP contribution in [0.25, 0.3) is 0 Å². The second-order valence-electron chi connectivity index (χ2n) is 6.66. The van der Waals surface area contributed by atoms with Crippen molar-refractivity contribution in [3.63, 3.8) is 0 Å². The van der Waals surface area contributed by atoms with Gasteiger partial charge < -0.3 is 14.9 Å². The van der Waals surface area contributed by atoms with Gasteiger partial charge in [-0.2, -0.15) is 0 Å². The lowest BCUT2D eigenvalue weighted by molar-refractivity contribution is -0.135. The van der Waals surface area contributed by atoms with Crippen LogP contribution in [0.2, 0.25) is 0 Å². The minimum Gasteiger partial charge on any atom is -0.396 e. The average Bonchev–Trinajstić information content (AvgIpc) is 3.23. The molecule has 2 heterocycles. The predicted molar refractivity (Wildman–Crippen MR) is 74.0 cm³/mol. The van der Waals surface area contributed by atoms with Gasteiger partial charge in [0, 0.05) is 31.7 Å². The van der Waals surface area contributed by atoms with Gasteiger partial charge in [0.2, 0.25) is 0 Å². The summed E-state index contributed by atoms with van der Waals surface area (Å²) in [5, 5.41) is 9.34.